The Kier molecular flexibility index (Phi) is 5.75. The molecule has 1 N–H and O–H groups in total. The molecule has 15 heavy (non-hydrogen) atoms. The van der Waals surface area contributed by atoms with Crippen molar-refractivity contribution in [3.63, 3.8) is 0 Å². The zero-order chi connectivity index (χ0) is 11.1. The molecule has 5 heteroatoms. The largest absolute Gasteiger partial charge is 0.465 e. The van der Waals surface area contributed by atoms with E-state index in [9.17, 15) is 4.79 Å². The third kappa shape index (κ3) is 4.24. The van der Waals surface area contributed by atoms with Gasteiger partial charge >= 0.3 is 5.97 Å². The maximum atomic E-state index is 11.4. The zero-order valence-corrected chi connectivity index (χ0v) is 10.3. The van der Waals surface area contributed by atoms with Crippen molar-refractivity contribution in [2.75, 3.05) is 12.4 Å². The Balaban J connectivity index is 2.37. The van der Waals surface area contributed by atoms with Crippen LogP contribution in [0.15, 0.2) is 17.5 Å². The van der Waals surface area contributed by atoms with Gasteiger partial charge in [-0.1, -0.05) is 6.07 Å². The molecule has 0 spiro atoms. The van der Waals surface area contributed by atoms with Gasteiger partial charge in [-0.2, -0.15) is 12.6 Å². The Labute approximate surface area is 99.2 Å². The van der Waals surface area contributed by atoms with Crippen molar-refractivity contribution >= 4 is 29.9 Å². The van der Waals surface area contributed by atoms with Gasteiger partial charge in [-0.25, -0.2) is 0 Å². The molecular weight excluding hydrogens is 230 g/mol. The monoisotopic (exact) mass is 245 g/mol. The van der Waals surface area contributed by atoms with Gasteiger partial charge in [-0.05, 0) is 18.4 Å². The highest BCUT2D eigenvalue weighted by molar-refractivity contribution is 7.80. The summed E-state index contributed by atoms with van der Waals surface area (Å²) in [5.74, 6) is 0.216. The highest BCUT2D eigenvalue weighted by Gasteiger charge is 2.16. The molecule has 3 nitrogen and oxygen atoms in total. The van der Waals surface area contributed by atoms with Gasteiger partial charge in [0.25, 0.3) is 0 Å². The number of carbonyl (C=O) groups excluding carboxylic acids is 1. The highest BCUT2D eigenvalue weighted by Crippen LogP contribution is 2.08. The molecule has 0 aromatic carbocycles. The predicted octanol–water partition coefficient (Wildman–Crippen LogP) is 1.70. The molecule has 0 aliphatic rings. The van der Waals surface area contributed by atoms with E-state index in [0.29, 0.717) is 18.9 Å². The molecule has 0 radical (unpaired) electrons. The summed E-state index contributed by atoms with van der Waals surface area (Å²) < 4.78 is 4.92. The van der Waals surface area contributed by atoms with Crippen molar-refractivity contribution < 1.29 is 9.53 Å². The molecule has 1 heterocycles. The van der Waals surface area contributed by atoms with Crippen molar-refractivity contribution in [2.24, 2.45) is 0 Å². The van der Waals surface area contributed by atoms with E-state index in [1.807, 2.05) is 17.5 Å². The van der Waals surface area contributed by atoms with Gasteiger partial charge in [-0.15, -0.1) is 11.3 Å². The van der Waals surface area contributed by atoms with Gasteiger partial charge in [0, 0.05) is 17.2 Å². The van der Waals surface area contributed by atoms with Gasteiger partial charge in [0.05, 0.1) is 6.61 Å². The molecule has 1 aromatic heterocycles. The number of thiophene rings is 1. The van der Waals surface area contributed by atoms with E-state index in [1.165, 1.54) is 4.88 Å². The smallest absolute Gasteiger partial charge is 0.323 e. The third-order valence-electron chi connectivity index (χ3n) is 1.86. The van der Waals surface area contributed by atoms with Crippen LogP contribution in [0.25, 0.3) is 0 Å². The van der Waals surface area contributed by atoms with E-state index in [0.717, 1.165) is 0 Å². The Morgan fingerprint density at radius 2 is 2.53 bits per heavy atom. The average Bonchev–Trinajstić information content (AvgIpc) is 2.72. The number of rotatable bonds is 6. The maximum Gasteiger partial charge on any atom is 0.323 e. The second-order valence-corrected chi connectivity index (χ2v) is 4.34. The lowest BCUT2D eigenvalue weighted by Crippen LogP contribution is -2.39. The van der Waals surface area contributed by atoms with E-state index in [-0.39, 0.29) is 12.0 Å². The van der Waals surface area contributed by atoms with Crippen LogP contribution in [0.3, 0.4) is 0 Å². The first-order chi connectivity index (χ1) is 7.27. The van der Waals surface area contributed by atoms with Gasteiger partial charge < -0.3 is 4.74 Å². The van der Waals surface area contributed by atoms with Gasteiger partial charge in [0.1, 0.15) is 6.04 Å². The second-order valence-electron chi connectivity index (χ2n) is 2.95. The van der Waals surface area contributed by atoms with Crippen molar-refractivity contribution in [3.05, 3.63) is 22.4 Å². The van der Waals surface area contributed by atoms with Crippen molar-refractivity contribution in [2.45, 2.75) is 19.5 Å². The van der Waals surface area contributed by atoms with E-state index in [4.69, 9.17) is 4.74 Å². The first-order valence-electron chi connectivity index (χ1n) is 4.81. The minimum absolute atomic E-state index is 0.232. The molecule has 84 valence electrons. The topological polar surface area (TPSA) is 38.3 Å². The number of esters is 1. The minimum atomic E-state index is -0.324. The number of carbonyl (C=O) groups is 1. The number of hydrogen-bond acceptors (Lipinski definition) is 5. The summed E-state index contributed by atoms with van der Waals surface area (Å²) in [7, 11) is 0. The molecule has 0 aliphatic carbocycles. The molecule has 1 aromatic rings. The number of nitrogens with one attached hydrogen (secondary N) is 1. The van der Waals surface area contributed by atoms with E-state index < -0.39 is 0 Å². The number of thiol groups is 1. The van der Waals surface area contributed by atoms with Crippen LogP contribution in [0, 0.1) is 0 Å². The lowest BCUT2D eigenvalue weighted by Gasteiger charge is -2.14. The van der Waals surface area contributed by atoms with Crippen molar-refractivity contribution in [1.82, 2.24) is 5.32 Å². The maximum absolute atomic E-state index is 11.4. The fourth-order valence-electron chi connectivity index (χ4n) is 1.10. The van der Waals surface area contributed by atoms with Crippen LogP contribution in [-0.2, 0) is 16.1 Å². The normalized spacial score (nSPS) is 12.4. The van der Waals surface area contributed by atoms with Gasteiger partial charge in [0.15, 0.2) is 0 Å². The van der Waals surface area contributed by atoms with Crippen LogP contribution in [0.1, 0.15) is 11.8 Å². The quantitative estimate of drug-likeness (QED) is 0.592. The number of ether oxygens (including phenoxy) is 1. The van der Waals surface area contributed by atoms with Gasteiger partial charge in [-0.3, -0.25) is 10.1 Å². The molecule has 0 aliphatic heterocycles. The molecule has 0 fully saturated rings. The van der Waals surface area contributed by atoms with E-state index >= 15 is 0 Å². The summed E-state index contributed by atoms with van der Waals surface area (Å²) in [5, 5.41) is 5.13. The summed E-state index contributed by atoms with van der Waals surface area (Å²) in [6.45, 7) is 2.89. The Hall–Kier alpha value is -0.520. The molecular formula is C10H15NO2S2. The van der Waals surface area contributed by atoms with E-state index in [2.05, 4.69) is 17.9 Å². The lowest BCUT2D eigenvalue weighted by molar-refractivity contribution is -0.145. The van der Waals surface area contributed by atoms with Crippen LogP contribution in [0.4, 0.5) is 0 Å². The lowest BCUT2D eigenvalue weighted by atomic mass is 10.3. The van der Waals surface area contributed by atoms with Crippen LogP contribution < -0.4 is 5.32 Å². The molecule has 0 amide bonds. The van der Waals surface area contributed by atoms with Crippen LogP contribution in [0.2, 0.25) is 0 Å². The summed E-state index contributed by atoms with van der Waals surface area (Å²) in [5.41, 5.74) is 0. The first-order valence-corrected chi connectivity index (χ1v) is 6.32. The standard InChI is InChI=1S/C10H15NO2S2/c1-2-13-10(12)9(7-14)11-6-8-4-3-5-15-8/h3-5,9,11,14H,2,6-7H2,1H3/t9-/m0/s1. The van der Waals surface area contributed by atoms with Crippen molar-refractivity contribution in [1.29, 1.82) is 0 Å². The highest BCUT2D eigenvalue weighted by atomic mass is 32.1. The van der Waals surface area contributed by atoms with Crippen molar-refractivity contribution in [3.8, 4) is 0 Å². The second kappa shape index (κ2) is 6.87. The Morgan fingerprint density at radius 1 is 1.73 bits per heavy atom. The summed E-state index contributed by atoms with van der Waals surface area (Å²) in [6.07, 6.45) is 0. The Bertz CT molecular complexity index is 288. The first kappa shape index (κ1) is 12.5. The van der Waals surface area contributed by atoms with E-state index in [1.54, 1.807) is 18.3 Å². The Morgan fingerprint density at radius 3 is 3.07 bits per heavy atom. The SMILES string of the molecule is CCOC(=O)[C@H](CS)NCc1cccs1. The average molecular weight is 245 g/mol. The third-order valence-corrected chi connectivity index (χ3v) is 3.10. The van der Waals surface area contributed by atoms with Crippen LogP contribution in [0.5, 0.6) is 0 Å². The minimum Gasteiger partial charge on any atom is -0.465 e. The van der Waals surface area contributed by atoms with Crippen LogP contribution >= 0.6 is 24.0 Å². The molecule has 0 bridgehead atoms. The molecule has 0 saturated heterocycles. The molecule has 1 atom stereocenters. The molecule has 1 rings (SSSR count). The number of hydrogen-bond donors (Lipinski definition) is 2. The summed E-state index contributed by atoms with van der Waals surface area (Å²) in [4.78, 5) is 12.6. The van der Waals surface area contributed by atoms with Crippen LogP contribution in [-0.4, -0.2) is 24.4 Å². The fraction of sp³-hybridized carbons (Fsp3) is 0.500. The summed E-state index contributed by atoms with van der Waals surface area (Å²) in [6, 6.07) is 3.69. The molecule has 0 saturated carbocycles. The fourth-order valence-corrected chi connectivity index (χ4v) is 2.04. The van der Waals surface area contributed by atoms with Gasteiger partial charge in [0.2, 0.25) is 0 Å². The zero-order valence-electron chi connectivity index (χ0n) is 8.60. The summed E-state index contributed by atoms with van der Waals surface area (Å²) >= 11 is 5.78. The predicted molar refractivity (Wildman–Crippen MR) is 65.4 cm³/mol. The molecule has 0 unspecified atom stereocenters.